The Bertz CT molecular complexity index is 1280. The van der Waals surface area contributed by atoms with Crippen molar-refractivity contribution < 1.29 is 4.74 Å². The monoisotopic (exact) mass is 450 g/mol. The number of H-pyrrole nitrogens is 1. The fourth-order valence-corrected chi connectivity index (χ4v) is 4.53. The maximum atomic E-state index is 12.7. The van der Waals surface area contributed by atoms with Gasteiger partial charge in [0.05, 0.1) is 11.4 Å². The third-order valence-corrected chi connectivity index (χ3v) is 6.27. The highest BCUT2D eigenvalue weighted by Crippen LogP contribution is 2.36. The molecule has 2 aromatic carbocycles. The lowest BCUT2D eigenvalue weighted by atomic mass is 9.92. The molecule has 1 saturated carbocycles. The van der Waals surface area contributed by atoms with Gasteiger partial charge in [-0.2, -0.15) is 10.2 Å². The van der Waals surface area contributed by atoms with Gasteiger partial charge in [0, 0.05) is 11.6 Å². The summed E-state index contributed by atoms with van der Waals surface area (Å²) in [5.74, 6) is 1.72. The third kappa shape index (κ3) is 3.83. The van der Waals surface area contributed by atoms with Crippen LogP contribution in [0, 0.1) is 0 Å². The minimum absolute atomic E-state index is 0.0936. The Morgan fingerprint density at radius 1 is 1.03 bits per heavy atom. The van der Waals surface area contributed by atoms with Gasteiger partial charge >= 0.3 is 0 Å². The Kier molecular flexibility index (Phi) is 5.55. The molecule has 32 heavy (non-hydrogen) atoms. The second-order valence-electron chi connectivity index (χ2n) is 8.01. The number of hydrogen-bond donors (Lipinski definition) is 3. The van der Waals surface area contributed by atoms with E-state index in [2.05, 4.69) is 15.0 Å². The highest BCUT2D eigenvalue weighted by molar-refractivity contribution is 6.13. The molecule has 0 unspecified atom stereocenters. The van der Waals surface area contributed by atoms with Crippen molar-refractivity contribution in [3.63, 3.8) is 0 Å². The number of anilines is 1. The fourth-order valence-electron chi connectivity index (χ4n) is 4.32. The van der Waals surface area contributed by atoms with Crippen LogP contribution in [0.2, 0.25) is 0 Å². The quantitative estimate of drug-likeness (QED) is 0.389. The van der Waals surface area contributed by atoms with E-state index in [0.717, 1.165) is 37.0 Å². The van der Waals surface area contributed by atoms with Gasteiger partial charge in [0.2, 0.25) is 0 Å². The molecule has 2 aromatic heterocycles. The molecule has 164 valence electrons. The Labute approximate surface area is 189 Å². The first-order chi connectivity index (χ1) is 15.6. The Hall–Kier alpha value is -3.36. The molecular formula is C23H23ClN6O2. The van der Waals surface area contributed by atoms with E-state index in [1.54, 1.807) is 0 Å². The number of rotatable bonds is 5. The molecule has 1 fully saturated rings. The molecule has 0 saturated heterocycles. The first-order valence-corrected chi connectivity index (χ1v) is 11.0. The number of nitrogen functional groups attached to an aromatic ring is 1. The molecule has 9 heteroatoms. The molecule has 0 radical (unpaired) electrons. The van der Waals surface area contributed by atoms with Crippen LogP contribution < -0.4 is 20.9 Å². The average molecular weight is 451 g/mol. The number of nitrogens with two attached hydrogens (primary N) is 1. The molecule has 4 N–H and O–H groups in total. The van der Waals surface area contributed by atoms with Crippen molar-refractivity contribution in [3.8, 4) is 22.8 Å². The van der Waals surface area contributed by atoms with Gasteiger partial charge in [-0.15, -0.1) is 0 Å². The lowest BCUT2D eigenvalue weighted by Crippen LogP contribution is -2.29. The van der Waals surface area contributed by atoms with Crippen LogP contribution in [0.25, 0.3) is 22.2 Å². The van der Waals surface area contributed by atoms with E-state index in [1.807, 2.05) is 59.3 Å². The smallest absolute Gasteiger partial charge is 0.290 e. The standard InChI is InChI=1S/C23H23ClN6O2/c24-26-15-8-10-16(11-9-15)30-21-19(22(25)27-28-23(21)31)20(29-30)14-6-12-18(13-7-14)32-17-4-2-1-3-5-17/h1-7,12-13,15-16,26H,8-11H2,(H2,25,27)(H,28,31)/t15-,16+. The van der Waals surface area contributed by atoms with Gasteiger partial charge in [-0.1, -0.05) is 18.2 Å². The largest absolute Gasteiger partial charge is 0.457 e. The number of aromatic amines is 1. The van der Waals surface area contributed by atoms with Gasteiger partial charge in [0.15, 0.2) is 5.82 Å². The first-order valence-electron chi connectivity index (χ1n) is 10.6. The topological polar surface area (TPSA) is 111 Å². The number of nitrogens with zero attached hydrogens (tertiary/aromatic N) is 3. The molecule has 1 aliphatic carbocycles. The lowest BCUT2D eigenvalue weighted by molar-refractivity contribution is 0.301. The summed E-state index contributed by atoms with van der Waals surface area (Å²) < 4.78 is 7.71. The number of para-hydroxylation sites is 1. The predicted molar refractivity (Wildman–Crippen MR) is 125 cm³/mol. The van der Waals surface area contributed by atoms with E-state index in [9.17, 15) is 4.79 Å². The second-order valence-corrected chi connectivity index (χ2v) is 8.23. The van der Waals surface area contributed by atoms with Crippen LogP contribution in [-0.4, -0.2) is 26.0 Å². The minimum atomic E-state index is -0.297. The lowest BCUT2D eigenvalue weighted by Gasteiger charge is -2.27. The first kappa shape index (κ1) is 20.5. The van der Waals surface area contributed by atoms with Crippen molar-refractivity contribution in [2.24, 2.45) is 0 Å². The van der Waals surface area contributed by atoms with Crippen LogP contribution in [0.15, 0.2) is 59.4 Å². The van der Waals surface area contributed by atoms with Crippen LogP contribution >= 0.6 is 11.8 Å². The van der Waals surface area contributed by atoms with Crippen molar-refractivity contribution in [2.75, 3.05) is 5.73 Å². The Morgan fingerprint density at radius 3 is 2.41 bits per heavy atom. The third-order valence-electron chi connectivity index (χ3n) is 5.96. The summed E-state index contributed by atoms with van der Waals surface area (Å²) in [5.41, 5.74) is 7.83. The van der Waals surface area contributed by atoms with Gasteiger partial charge in [-0.25, -0.2) is 9.93 Å². The number of halogens is 1. The maximum Gasteiger partial charge on any atom is 0.290 e. The van der Waals surface area contributed by atoms with E-state index in [4.69, 9.17) is 27.3 Å². The van der Waals surface area contributed by atoms with Crippen LogP contribution in [0.5, 0.6) is 11.5 Å². The highest BCUT2D eigenvalue weighted by atomic mass is 35.5. The number of fused-ring (bicyclic) bond motifs is 1. The van der Waals surface area contributed by atoms with Crippen molar-refractivity contribution in [1.82, 2.24) is 24.8 Å². The summed E-state index contributed by atoms with van der Waals surface area (Å²) in [7, 11) is 0. The number of benzene rings is 2. The molecule has 0 amide bonds. The summed E-state index contributed by atoms with van der Waals surface area (Å²) in [6.07, 6.45) is 3.56. The van der Waals surface area contributed by atoms with Gasteiger partial charge in [0.25, 0.3) is 5.56 Å². The number of hydrogen-bond acceptors (Lipinski definition) is 6. The molecule has 0 spiro atoms. The average Bonchev–Trinajstić information content (AvgIpc) is 3.25. The number of nitrogens with one attached hydrogen (secondary N) is 2. The molecule has 8 nitrogen and oxygen atoms in total. The van der Waals surface area contributed by atoms with Crippen LogP contribution in [0.4, 0.5) is 5.82 Å². The van der Waals surface area contributed by atoms with Gasteiger partial charge in [-0.3, -0.25) is 9.48 Å². The van der Waals surface area contributed by atoms with E-state index in [0.29, 0.717) is 22.3 Å². The summed E-state index contributed by atoms with van der Waals surface area (Å²) >= 11 is 5.80. The normalized spacial score (nSPS) is 18.7. The molecule has 2 heterocycles. The van der Waals surface area contributed by atoms with E-state index in [1.165, 1.54) is 0 Å². The molecule has 0 bridgehead atoms. The van der Waals surface area contributed by atoms with E-state index >= 15 is 0 Å². The van der Waals surface area contributed by atoms with E-state index < -0.39 is 0 Å². The van der Waals surface area contributed by atoms with Crippen LogP contribution in [0.1, 0.15) is 31.7 Å². The van der Waals surface area contributed by atoms with Crippen molar-refractivity contribution >= 4 is 28.5 Å². The van der Waals surface area contributed by atoms with Crippen molar-refractivity contribution in [1.29, 1.82) is 0 Å². The zero-order valence-electron chi connectivity index (χ0n) is 17.3. The number of aromatic nitrogens is 4. The molecular weight excluding hydrogens is 428 g/mol. The summed E-state index contributed by atoms with van der Waals surface area (Å²) in [5, 5.41) is 11.9. The summed E-state index contributed by atoms with van der Waals surface area (Å²) in [6.45, 7) is 0. The fraction of sp³-hybridized carbons (Fsp3) is 0.261. The zero-order valence-corrected chi connectivity index (χ0v) is 18.0. The molecule has 0 atom stereocenters. The Morgan fingerprint density at radius 2 is 1.72 bits per heavy atom. The van der Waals surface area contributed by atoms with Gasteiger partial charge in [0.1, 0.15) is 22.7 Å². The van der Waals surface area contributed by atoms with Gasteiger partial charge < -0.3 is 10.5 Å². The predicted octanol–water partition coefficient (Wildman–Crippen LogP) is 4.39. The van der Waals surface area contributed by atoms with Crippen molar-refractivity contribution in [2.45, 2.75) is 37.8 Å². The van der Waals surface area contributed by atoms with Crippen molar-refractivity contribution in [3.05, 3.63) is 65.0 Å². The summed E-state index contributed by atoms with van der Waals surface area (Å²) in [6, 6.07) is 17.5. The molecule has 0 aliphatic heterocycles. The number of ether oxygens (including phenoxy) is 1. The van der Waals surface area contributed by atoms with Crippen LogP contribution in [-0.2, 0) is 0 Å². The molecule has 1 aliphatic rings. The zero-order chi connectivity index (χ0) is 22.1. The SMILES string of the molecule is Nc1n[nH]c(=O)c2c1c(-c1ccc(Oc3ccccc3)cc1)nn2[C@H]1CC[C@@H](NCl)CC1. The molecule has 4 aromatic rings. The highest BCUT2D eigenvalue weighted by Gasteiger charge is 2.27. The maximum absolute atomic E-state index is 12.7. The minimum Gasteiger partial charge on any atom is -0.457 e. The Balaban J connectivity index is 1.53. The second kappa shape index (κ2) is 8.64. The molecule has 5 rings (SSSR count). The van der Waals surface area contributed by atoms with Gasteiger partial charge in [-0.05, 0) is 73.9 Å². The van der Waals surface area contributed by atoms with E-state index in [-0.39, 0.29) is 23.5 Å². The van der Waals surface area contributed by atoms with Crippen LogP contribution in [0.3, 0.4) is 0 Å². The summed E-state index contributed by atoms with van der Waals surface area (Å²) in [4.78, 5) is 15.5.